The van der Waals surface area contributed by atoms with Crippen LogP contribution in [-0.2, 0) is 11.0 Å². The topological polar surface area (TPSA) is 21.6 Å². The fourth-order valence-electron chi connectivity index (χ4n) is 0.977. The molecule has 1 rings (SSSR count). The summed E-state index contributed by atoms with van der Waals surface area (Å²) < 4.78 is 37.1. The van der Waals surface area contributed by atoms with Gasteiger partial charge in [0, 0.05) is 5.56 Å². The van der Waals surface area contributed by atoms with E-state index in [0.717, 1.165) is 12.3 Å². The van der Waals surface area contributed by atoms with Gasteiger partial charge in [0.25, 0.3) is 0 Å². The quantitative estimate of drug-likeness (QED) is 0.535. The highest BCUT2D eigenvalue weighted by atomic mass is 19.4. The van der Waals surface area contributed by atoms with Gasteiger partial charge >= 0.3 is 6.18 Å². The van der Waals surface area contributed by atoms with Crippen LogP contribution in [0.3, 0.4) is 0 Å². The summed E-state index contributed by atoms with van der Waals surface area (Å²) in [4.78, 5) is 4.32. The van der Waals surface area contributed by atoms with Crippen molar-refractivity contribution in [3.8, 4) is 0 Å². The second-order valence-electron chi connectivity index (χ2n) is 2.50. The molecule has 0 heterocycles. The maximum Gasteiger partial charge on any atom is 0.417 e. The molecule has 0 aliphatic heterocycles. The molecule has 1 aromatic carbocycles. The van der Waals surface area contributed by atoms with Gasteiger partial charge in [0.2, 0.25) is 0 Å². The molecule has 0 unspecified atom stereocenters. The Kier molecular flexibility index (Phi) is 3.11. The van der Waals surface area contributed by atoms with E-state index in [1.54, 1.807) is 0 Å². The Balaban J connectivity index is 3.10. The number of hydrogen-bond acceptors (Lipinski definition) is 2. The van der Waals surface area contributed by atoms with Gasteiger partial charge in [0.05, 0.1) is 11.8 Å². The molecule has 0 atom stereocenters. The molecular weight excluding hydrogens is 195 g/mol. The zero-order valence-electron chi connectivity index (χ0n) is 7.38. The fourth-order valence-corrected chi connectivity index (χ4v) is 0.977. The first-order valence-corrected chi connectivity index (χ1v) is 3.78. The van der Waals surface area contributed by atoms with E-state index in [1.165, 1.54) is 25.3 Å². The van der Waals surface area contributed by atoms with Crippen molar-refractivity contribution in [1.29, 1.82) is 0 Å². The van der Waals surface area contributed by atoms with Crippen molar-refractivity contribution in [1.82, 2.24) is 0 Å². The van der Waals surface area contributed by atoms with Gasteiger partial charge < -0.3 is 4.84 Å². The molecule has 0 bridgehead atoms. The van der Waals surface area contributed by atoms with Crippen molar-refractivity contribution in [2.75, 3.05) is 7.11 Å². The largest absolute Gasteiger partial charge is 0.417 e. The Labute approximate surface area is 79.0 Å². The Morgan fingerprint density at radius 3 is 2.50 bits per heavy atom. The van der Waals surface area contributed by atoms with Gasteiger partial charge in [0.15, 0.2) is 0 Å². The molecule has 0 aliphatic rings. The SMILES string of the molecule is CO/N=C/c1ccccc1C(F)(F)F. The Morgan fingerprint density at radius 2 is 1.93 bits per heavy atom. The predicted molar refractivity (Wildman–Crippen MR) is 46.0 cm³/mol. The minimum Gasteiger partial charge on any atom is -0.399 e. The number of oxime groups is 1. The zero-order chi connectivity index (χ0) is 10.6. The van der Waals surface area contributed by atoms with Crippen LogP contribution >= 0.6 is 0 Å². The molecule has 2 nitrogen and oxygen atoms in total. The monoisotopic (exact) mass is 203 g/mol. The predicted octanol–water partition coefficient (Wildman–Crippen LogP) is 2.69. The summed E-state index contributed by atoms with van der Waals surface area (Å²) in [5.41, 5.74) is -0.734. The molecule has 0 saturated heterocycles. The van der Waals surface area contributed by atoms with E-state index in [4.69, 9.17) is 0 Å². The molecule has 1 aromatic rings. The summed E-state index contributed by atoms with van der Waals surface area (Å²) in [6, 6.07) is 5.15. The second-order valence-corrected chi connectivity index (χ2v) is 2.50. The Hall–Kier alpha value is -1.52. The van der Waals surface area contributed by atoms with Crippen molar-refractivity contribution in [2.24, 2.45) is 5.16 Å². The van der Waals surface area contributed by atoms with Gasteiger partial charge in [-0.1, -0.05) is 23.4 Å². The van der Waals surface area contributed by atoms with Gasteiger partial charge in [-0.3, -0.25) is 0 Å². The lowest BCUT2D eigenvalue weighted by Crippen LogP contribution is -2.08. The van der Waals surface area contributed by atoms with Crippen molar-refractivity contribution in [3.05, 3.63) is 35.4 Å². The third-order valence-electron chi connectivity index (χ3n) is 1.56. The fraction of sp³-hybridized carbons (Fsp3) is 0.222. The number of alkyl halides is 3. The van der Waals surface area contributed by atoms with Crippen molar-refractivity contribution >= 4 is 6.21 Å². The van der Waals surface area contributed by atoms with Gasteiger partial charge in [-0.15, -0.1) is 0 Å². The summed E-state index contributed by atoms with van der Waals surface area (Å²) in [7, 11) is 1.27. The van der Waals surface area contributed by atoms with Crippen molar-refractivity contribution < 1.29 is 18.0 Å². The molecule has 0 saturated carbocycles. The number of rotatable bonds is 2. The third-order valence-corrected chi connectivity index (χ3v) is 1.56. The van der Waals surface area contributed by atoms with Crippen LogP contribution < -0.4 is 0 Å². The van der Waals surface area contributed by atoms with E-state index in [-0.39, 0.29) is 5.56 Å². The van der Waals surface area contributed by atoms with E-state index < -0.39 is 11.7 Å². The highest BCUT2D eigenvalue weighted by Crippen LogP contribution is 2.30. The highest BCUT2D eigenvalue weighted by Gasteiger charge is 2.32. The number of hydrogen-bond donors (Lipinski definition) is 0. The summed E-state index contributed by atoms with van der Waals surface area (Å²) in [5, 5.41) is 3.29. The van der Waals surface area contributed by atoms with Gasteiger partial charge in [-0.25, -0.2) is 0 Å². The highest BCUT2D eigenvalue weighted by molar-refractivity contribution is 5.81. The van der Waals surface area contributed by atoms with Crippen LogP contribution in [-0.4, -0.2) is 13.3 Å². The molecule has 0 amide bonds. The van der Waals surface area contributed by atoms with Crippen LogP contribution in [0.1, 0.15) is 11.1 Å². The van der Waals surface area contributed by atoms with E-state index >= 15 is 0 Å². The number of halogens is 3. The molecule has 0 radical (unpaired) electrons. The maximum absolute atomic E-state index is 12.4. The summed E-state index contributed by atoms with van der Waals surface area (Å²) in [6.45, 7) is 0. The van der Waals surface area contributed by atoms with E-state index in [2.05, 4.69) is 9.99 Å². The summed E-state index contributed by atoms with van der Waals surface area (Å²) in [5.74, 6) is 0. The molecule has 0 spiro atoms. The van der Waals surface area contributed by atoms with E-state index in [1.807, 2.05) is 0 Å². The lowest BCUT2D eigenvalue weighted by atomic mass is 10.1. The van der Waals surface area contributed by atoms with Crippen LogP contribution in [0.4, 0.5) is 13.2 Å². The van der Waals surface area contributed by atoms with Crippen LogP contribution in [0, 0.1) is 0 Å². The molecule has 0 aromatic heterocycles. The number of benzene rings is 1. The molecule has 5 heteroatoms. The van der Waals surface area contributed by atoms with Crippen molar-refractivity contribution in [3.63, 3.8) is 0 Å². The second kappa shape index (κ2) is 4.13. The van der Waals surface area contributed by atoms with Crippen molar-refractivity contribution in [2.45, 2.75) is 6.18 Å². The van der Waals surface area contributed by atoms with Crippen LogP contribution in [0.15, 0.2) is 29.4 Å². The first-order valence-electron chi connectivity index (χ1n) is 3.78. The average Bonchev–Trinajstić information content (AvgIpc) is 2.14. The standard InChI is InChI=1S/C9H8F3NO/c1-14-13-6-7-4-2-3-5-8(7)9(10,11)12/h2-6H,1H3/b13-6+. The first-order chi connectivity index (χ1) is 6.55. The van der Waals surface area contributed by atoms with E-state index in [0.29, 0.717) is 0 Å². The third kappa shape index (κ3) is 2.48. The van der Waals surface area contributed by atoms with Crippen LogP contribution in [0.5, 0.6) is 0 Å². The minimum atomic E-state index is -4.36. The summed E-state index contributed by atoms with van der Waals surface area (Å²) >= 11 is 0. The van der Waals surface area contributed by atoms with E-state index in [9.17, 15) is 13.2 Å². The van der Waals surface area contributed by atoms with Crippen LogP contribution in [0.2, 0.25) is 0 Å². The lowest BCUT2D eigenvalue weighted by molar-refractivity contribution is -0.137. The maximum atomic E-state index is 12.4. The minimum absolute atomic E-state index is 0.0122. The molecular formula is C9H8F3NO. The lowest BCUT2D eigenvalue weighted by Gasteiger charge is -2.08. The van der Waals surface area contributed by atoms with Gasteiger partial charge in [-0.2, -0.15) is 13.2 Å². The van der Waals surface area contributed by atoms with Gasteiger partial charge in [-0.05, 0) is 6.07 Å². The zero-order valence-corrected chi connectivity index (χ0v) is 7.38. The number of nitrogens with zero attached hydrogens (tertiary/aromatic N) is 1. The Bertz CT molecular complexity index is 333. The summed E-state index contributed by atoms with van der Waals surface area (Å²) in [6.07, 6.45) is -3.33. The molecule has 0 fully saturated rings. The van der Waals surface area contributed by atoms with Gasteiger partial charge in [0.1, 0.15) is 7.11 Å². The normalized spacial score (nSPS) is 12.0. The molecule has 0 N–H and O–H groups in total. The average molecular weight is 203 g/mol. The Morgan fingerprint density at radius 1 is 1.29 bits per heavy atom. The molecule has 76 valence electrons. The molecule has 0 aliphatic carbocycles. The first kappa shape index (κ1) is 10.6. The molecule has 14 heavy (non-hydrogen) atoms. The van der Waals surface area contributed by atoms with Crippen LogP contribution in [0.25, 0.3) is 0 Å². The smallest absolute Gasteiger partial charge is 0.399 e.